The maximum Gasteiger partial charge on any atom is 0.223 e. The summed E-state index contributed by atoms with van der Waals surface area (Å²) in [6.45, 7) is 1.53. The molecule has 0 aliphatic heterocycles. The Morgan fingerprint density at radius 3 is 2.97 bits per heavy atom. The Morgan fingerprint density at radius 1 is 1.17 bits per heavy atom. The van der Waals surface area contributed by atoms with Gasteiger partial charge in [0.05, 0.1) is 0 Å². The lowest BCUT2D eigenvalue weighted by Crippen LogP contribution is -2.35. The van der Waals surface area contributed by atoms with Gasteiger partial charge in [0.1, 0.15) is 17.1 Å². The van der Waals surface area contributed by atoms with E-state index in [0.29, 0.717) is 13.0 Å². The number of aromatic nitrogens is 5. The van der Waals surface area contributed by atoms with Crippen molar-refractivity contribution in [1.29, 1.82) is 0 Å². The van der Waals surface area contributed by atoms with E-state index in [1.54, 1.807) is 6.20 Å². The number of pyridine rings is 1. The average Bonchev–Trinajstić information content (AvgIpc) is 3.30. The Morgan fingerprint density at radius 2 is 2.10 bits per heavy atom. The second kappa shape index (κ2) is 7.66. The van der Waals surface area contributed by atoms with Crippen molar-refractivity contribution in [3.05, 3.63) is 60.6 Å². The number of carbonyl (C=O) groups excluding carboxylic acids is 1. The summed E-state index contributed by atoms with van der Waals surface area (Å²) in [6.07, 6.45) is 14.6. The van der Waals surface area contributed by atoms with Gasteiger partial charge < -0.3 is 14.3 Å². The summed E-state index contributed by atoms with van der Waals surface area (Å²) < 4.78 is 4.16. The van der Waals surface area contributed by atoms with Crippen LogP contribution < -0.4 is 5.32 Å². The molecule has 7 heteroatoms. The monoisotopic (exact) mass is 388 g/mol. The van der Waals surface area contributed by atoms with Crippen molar-refractivity contribution < 1.29 is 4.79 Å². The fraction of sp³-hybridized carbons (Fsp3) is 0.364. The zero-order chi connectivity index (χ0) is 19.6. The van der Waals surface area contributed by atoms with E-state index in [1.165, 1.54) is 6.42 Å². The number of nitrogens with zero attached hydrogens (tertiary/aromatic N) is 5. The fourth-order valence-electron chi connectivity index (χ4n) is 3.80. The number of rotatable bonds is 7. The number of hydrogen-bond acceptors (Lipinski definition) is 4. The summed E-state index contributed by atoms with van der Waals surface area (Å²) in [7, 11) is 0. The van der Waals surface area contributed by atoms with E-state index < -0.39 is 0 Å². The van der Waals surface area contributed by atoms with Gasteiger partial charge in [0.25, 0.3) is 0 Å². The van der Waals surface area contributed by atoms with Crippen molar-refractivity contribution in [3.63, 3.8) is 0 Å². The van der Waals surface area contributed by atoms with E-state index in [0.717, 1.165) is 53.9 Å². The van der Waals surface area contributed by atoms with E-state index in [1.807, 2.05) is 28.9 Å². The third-order valence-electron chi connectivity index (χ3n) is 5.72. The van der Waals surface area contributed by atoms with Gasteiger partial charge >= 0.3 is 0 Å². The summed E-state index contributed by atoms with van der Waals surface area (Å²) in [6, 6.07) is 6.12. The Bertz CT molecular complexity index is 1160. The van der Waals surface area contributed by atoms with Crippen LogP contribution in [0.4, 0.5) is 0 Å². The number of carbonyl (C=O) groups is 1. The second-order valence-electron chi connectivity index (χ2n) is 7.75. The van der Waals surface area contributed by atoms with Crippen LogP contribution in [0.25, 0.3) is 16.7 Å². The van der Waals surface area contributed by atoms with Crippen LogP contribution >= 0.6 is 0 Å². The molecule has 0 unspecified atom stereocenters. The van der Waals surface area contributed by atoms with Crippen LogP contribution in [-0.2, 0) is 17.8 Å². The Labute approximate surface area is 168 Å². The minimum atomic E-state index is 0.216. The summed E-state index contributed by atoms with van der Waals surface area (Å²) in [4.78, 5) is 25.6. The van der Waals surface area contributed by atoms with E-state index in [4.69, 9.17) is 4.98 Å². The van der Waals surface area contributed by atoms with Gasteiger partial charge in [-0.05, 0) is 37.0 Å². The Kier molecular flexibility index (Phi) is 4.71. The molecule has 0 spiro atoms. The van der Waals surface area contributed by atoms with E-state index >= 15 is 0 Å². The lowest BCUT2D eigenvalue weighted by atomic mass is 9.85. The van der Waals surface area contributed by atoms with Gasteiger partial charge in [-0.15, -0.1) is 0 Å². The predicted octanol–water partition coefficient (Wildman–Crippen LogP) is 2.98. The number of imidazole rings is 1. The molecule has 1 aliphatic carbocycles. The first-order valence-corrected chi connectivity index (χ1v) is 10.3. The number of aryl methyl sites for hydroxylation is 1. The molecule has 0 atom stereocenters. The highest BCUT2D eigenvalue weighted by molar-refractivity contribution is 5.79. The van der Waals surface area contributed by atoms with Crippen LogP contribution in [0, 0.1) is 5.92 Å². The molecule has 148 valence electrons. The highest BCUT2D eigenvalue weighted by Gasteiger charge is 2.24. The van der Waals surface area contributed by atoms with E-state index in [9.17, 15) is 4.79 Å². The quantitative estimate of drug-likeness (QED) is 0.494. The van der Waals surface area contributed by atoms with E-state index in [2.05, 4.69) is 38.3 Å². The number of hydrogen-bond donors (Lipinski definition) is 1. The first kappa shape index (κ1) is 17.8. The molecule has 1 N–H and O–H groups in total. The Hall–Kier alpha value is -3.22. The SMILES string of the molecule is O=C(NCCCn1ccc2cnc(Cc3ccc4nccn4c3)nc21)C1CCC1. The smallest absolute Gasteiger partial charge is 0.223 e. The summed E-state index contributed by atoms with van der Waals surface area (Å²) >= 11 is 0. The lowest BCUT2D eigenvalue weighted by Gasteiger charge is -2.24. The van der Waals surface area contributed by atoms with Gasteiger partial charge in [-0.1, -0.05) is 12.5 Å². The molecule has 0 aromatic carbocycles. The second-order valence-corrected chi connectivity index (χ2v) is 7.75. The molecule has 4 aromatic rings. The van der Waals surface area contributed by atoms with Crippen molar-refractivity contribution >= 4 is 22.6 Å². The lowest BCUT2D eigenvalue weighted by molar-refractivity contribution is -0.127. The zero-order valence-corrected chi connectivity index (χ0v) is 16.3. The molecule has 7 nitrogen and oxygen atoms in total. The van der Waals surface area contributed by atoms with Crippen LogP contribution in [-0.4, -0.2) is 36.4 Å². The molecule has 0 saturated heterocycles. The molecular formula is C22H24N6O. The maximum absolute atomic E-state index is 11.9. The maximum atomic E-state index is 11.9. The first-order chi connectivity index (χ1) is 14.3. The number of nitrogens with one attached hydrogen (secondary N) is 1. The van der Waals surface area contributed by atoms with Crippen LogP contribution in [0.2, 0.25) is 0 Å². The fourth-order valence-corrected chi connectivity index (χ4v) is 3.80. The minimum Gasteiger partial charge on any atom is -0.356 e. The number of amides is 1. The highest BCUT2D eigenvalue weighted by atomic mass is 16.1. The molecule has 4 aromatic heterocycles. The molecule has 0 bridgehead atoms. The summed E-state index contributed by atoms with van der Waals surface area (Å²) in [5, 5.41) is 4.10. The van der Waals surface area contributed by atoms with E-state index in [-0.39, 0.29) is 11.8 Å². The van der Waals surface area contributed by atoms with Crippen LogP contribution in [0.1, 0.15) is 37.1 Å². The molecular weight excluding hydrogens is 364 g/mol. The molecule has 5 rings (SSSR count). The van der Waals surface area contributed by atoms with Crippen molar-refractivity contribution in [3.8, 4) is 0 Å². The molecule has 1 saturated carbocycles. The molecule has 29 heavy (non-hydrogen) atoms. The molecule has 4 heterocycles. The normalized spacial score (nSPS) is 14.3. The zero-order valence-electron chi connectivity index (χ0n) is 16.3. The van der Waals surface area contributed by atoms with Crippen LogP contribution in [0.15, 0.2) is 49.2 Å². The van der Waals surface area contributed by atoms with Gasteiger partial charge in [-0.3, -0.25) is 4.79 Å². The highest BCUT2D eigenvalue weighted by Crippen LogP contribution is 2.26. The Balaban J connectivity index is 1.25. The third-order valence-corrected chi connectivity index (χ3v) is 5.72. The van der Waals surface area contributed by atoms with Gasteiger partial charge in [-0.25, -0.2) is 15.0 Å². The van der Waals surface area contributed by atoms with Crippen LogP contribution in [0.5, 0.6) is 0 Å². The third kappa shape index (κ3) is 3.72. The van der Waals surface area contributed by atoms with Gasteiger partial charge in [-0.2, -0.15) is 0 Å². The molecule has 0 radical (unpaired) electrons. The molecule has 1 amide bonds. The van der Waals surface area contributed by atoms with Crippen molar-refractivity contribution in [2.45, 2.75) is 38.6 Å². The van der Waals surface area contributed by atoms with Gasteiger partial charge in [0.2, 0.25) is 5.91 Å². The van der Waals surface area contributed by atoms with Crippen molar-refractivity contribution in [2.24, 2.45) is 5.92 Å². The largest absolute Gasteiger partial charge is 0.356 e. The summed E-state index contributed by atoms with van der Waals surface area (Å²) in [5.74, 6) is 1.27. The molecule has 1 fully saturated rings. The minimum absolute atomic E-state index is 0.216. The molecule has 1 aliphatic rings. The van der Waals surface area contributed by atoms with Crippen LogP contribution in [0.3, 0.4) is 0 Å². The van der Waals surface area contributed by atoms with Crippen molar-refractivity contribution in [1.82, 2.24) is 29.2 Å². The van der Waals surface area contributed by atoms with Crippen molar-refractivity contribution in [2.75, 3.05) is 6.54 Å². The topological polar surface area (TPSA) is 77.1 Å². The average molecular weight is 388 g/mol. The first-order valence-electron chi connectivity index (χ1n) is 10.3. The summed E-state index contributed by atoms with van der Waals surface area (Å²) in [5.41, 5.74) is 3.03. The number of fused-ring (bicyclic) bond motifs is 2. The van der Waals surface area contributed by atoms with Gasteiger partial charge in [0.15, 0.2) is 0 Å². The van der Waals surface area contributed by atoms with Gasteiger partial charge in [0, 0.05) is 61.8 Å². The standard InChI is InChI=1S/C22H24N6O/c29-22(17-3-1-4-17)24-8-2-10-27-11-7-18-14-25-19(26-21(18)27)13-16-5-6-20-23-9-12-28(20)15-16/h5-7,9,11-12,14-15,17H,1-4,8,10,13H2,(H,24,29). The predicted molar refractivity (Wildman–Crippen MR) is 110 cm³/mol.